The van der Waals surface area contributed by atoms with E-state index in [9.17, 15) is 9.50 Å². The molecule has 0 saturated carbocycles. The number of fused-ring (bicyclic) bond motifs is 2. The van der Waals surface area contributed by atoms with Gasteiger partial charge < -0.3 is 14.4 Å². The molecule has 0 bridgehead atoms. The van der Waals surface area contributed by atoms with E-state index in [1.54, 1.807) is 24.1 Å². The van der Waals surface area contributed by atoms with Gasteiger partial charge in [-0.2, -0.15) is 0 Å². The van der Waals surface area contributed by atoms with Gasteiger partial charge in [0.05, 0.1) is 18.5 Å². The van der Waals surface area contributed by atoms with Crippen molar-refractivity contribution in [2.24, 2.45) is 4.99 Å². The molecule has 0 amide bonds. The Bertz CT molecular complexity index is 781. The van der Waals surface area contributed by atoms with E-state index in [1.807, 2.05) is 0 Å². The number of benzene rings is 1. The summed E-state index contributed by atoms with van der Waals surface area (Å²) in [5, 5.41) is 11.0. The Morgan fingerprint density at radius 2 is 2.33 bits per heavy atom. The lowest BCUT2D eigenvalue weighted by atomic mass is 10.1. The number of aliphatic hydroxyl groups is 1. The molecule has 0 aliphatic carbocycles. The summed E-state index contributed by atoms with van der Waals surface area (Å²) in [5.41, 5.74) is 2.33. The summed E-state index contributed by atoms with van der Waals surface area (Å²) in [6, 6.07) is 4.73. The molecule has 3 heterocycles. The van der Waals surface area contributed by atoms with Gasteiger partial charge >= 0.3 is 0 Å². The number of furan rings is 1. The van der Waals surface area contributed by atoms with Gasteiger partial charge in [0.15, 0.2) is 5.17 Å². The third kappa shape index (κ3) is 1.98. The molecule has 2 aliphatic heterocycles. The van der Waals surface area contributed by atoms with Crippen LogP contribution >= 0.6 is 11.8 Å². The minimum atomic E-state index is -0.288. The highest BCUT2D eigenvalue weighted by molar-refractivity contribution is 8.17. The van der Waals surface area contributed by atoms with Gasteiger partial charge in [-0.25, -0.2) is 4.39 Å². The molecule has 0 atom stereocenters. The molecule has 21 heavy (non-hydrogen) atoms. The van der Waals surface area contributed by atoms with Gasteiger partial charge in [0.25, 0.3) is 0 Å². The van der Waals surface area contributed by atoms with Crippen LogP contribution in [0.5, 0.6) is 0 Å². The molecule has 0 unspecified atom stereocenters. The van der Waals surface area contributed by atoms with E-state index in [2.05, 4.69) is 9.89 Å². The van der Waals surface area contributed by atoms with Crippen LogP contribution in [0.3, 0.4) is 0 Å². The quantitative estimate of drug-likeness (QED) is 0.947. The molecule has 1 aromatic carbocycles. The van der Waals surface area contributed by atoms with Gasteiger partial charge in [-0.3, -0.25) is 4.99 Å². The topological polar surface area (TPSA) is 49.0 Å². The summed E-state index contributed by atoms with van der Waals surface area (Å²) in [7, 11) is 0. The van der Waals surface area contributed by atoms with E-state index in [4.69, 9.17) is 4.42 Å². The lowest BCUT2D eigenvalue weighted by Gasteiger charge is -2.17. The fourth-order valence-corrected chi connectivity index (χ4v) is 4.00. The van der Waals surface area contributed by atoms with E-state index in [0.29, 0.717) is 12.0 Å². The second kappa shape index (κ2) is 4.89. The zero-order chi connectivity index (χ0) is 14.4. The number of aliphatic imine (C=N–C) groups is 1. The molecular formula is C15H13FN2O2S. The number of hydrogen-bond acceptors (Lipinski definition) is 5. The highest BCUT2D eigenvalue weighted by Gasteiger charge is 2.34. The maximum absolute atomic E-state index is 13.9. The molecule has 0 saturated heterocycles. The van der Waals surface area contributed by atoms with Gasteiger partial charge in [-0.15, -0.1) is 0 Å². The predicted octanol–water partition coefficient (Wildman–Crippen LogP) is 3.04. The maximum atomic E-state index is 13.9. The van der Waals surface area contributed by atoms with Crippen molar-refractivity contribution < 1.29 is 13.9 Å². The van der Waals surface area contributed by atoms with Crippen LogP contribution in [0.4, 0.5) is 4.39 Å². The van der Waals surface area contributed by atoms with E-state index in [0.717, 1.165) is 39.8 Å². The van der Waals surface area contributed by atoms with Crippen LogP contribution in [0.2, 0.25) is 0 Å². The molecule has 2 aromatic rings. The van der Waals surface area contributed by atoms with E-state index in [1.165, 1.54) is 12.1 Å². The number of amidine groups is 1. The first-order valence-corrected chi connectivity index (χ1v) is 7.60. The molecule has 0 radical (unpaired) electrons. The van der Waals surface area contributed by atoms with Crippen molar-refractivity contribution in [1.29, 1.82) is 0 Å². The van der Waals surface area contributed by atoms with Crippen molar-refractivity contribution in [2.45, 2.75) is 6.42 Å². The number of hydrogen-bond donors (Lipinski definition) is 1. The maximum Gasteiger partial charge on any atom is 0.168 e. The van der Waals surface area contributed by atoms with Crippen LogP contribution in [-0.2, 0) is 0 Å². The van der Waals surface area contributed by atoms with Gasteiger partial charge in [0, 0.05) is 35.4 Å². The number of thioether (sulfide) groups is 1. The molecular weight excluding hydrogens is 291 g/mol. The molecule has 4 rings (SSSR count). The largest absolute Gasteiger partial charge is 0.464 e. The Balaban J connectivity index is 1.94. The summed E-state index contributed by atoms with van der Waals surface area (Å²) in [4.78, 5) is 7.56. The van der Waals surface area contributed by atoms with Crippen LogP contribution in [0.25, 0.3) is 16.7 Å². The fraction of sp³-hybridized carbons (Fsp3) is 0.267. The zero-order valence-electron chi connectivity index (χ0n) is 11.2. The van der Waals surface area contributed by atoms with Crippen molar-refractivity contribution >= 4 is 33.6 Å². The standard InChI is InChI=1S/C15H13FN2O2S/c16-10-7-9-2-6-20-14(9)11(8-10)13-12(1-5-19)21-15-17-3-4-18(13)15/h2,6-8,19H,1,3-5H2. The van der Waals surface area contributed by atoms with E-state index >= 15 is 0 Å². The van der Waals surface area contributed by atoms with Gasteiger partial charge in [0.1, 0.15) is 11.4 Å². The summed E-state index contributed by atoms with van der Waals surface area (Å²) < 4.78 is 19.5. The predicted molar refractivity (Wildman–Crippen MR) is 81.4 cm³/mol. The molecule has 2 aliphatic rings. The number of halogens is 1. The molecule has 0 fully saturated rings. The van der Waals surface area contributed by atoms with Gasteiger partial charge in [-0.1, -0.05) is 11.8 Å². The zero-order valence-corrected chi connectivity index (χ0v) is 12.0. The summed E-state index contributed by atoms with van der Waals surface area (Å²) in [6.45, 7) is 1.59. The highest BCUT2D eigenvalue weighted by atomic mass is 32.2. The Morgan fingerprint density at radius 3 is 3.19 bits per heavy atom. The van der Waals surface area contributed by atoms with Crippen LogP contribution in [0.1, 0.15) is 12.0 Å². The van der Waals surface area contributed by atoms with Crippen LogP contribution in [0.15, 0.2) is 38.8 Å². The molecule has 4 nitrogen and oxygen atoms in total. The Kier molecular flexibility index (Phi) is 3.01. The van der Waals surface area contributed by atoms with Gasteiger partial charge in [-0.05, 0) is 18.2 Å². The Labute approximate surface area is 124 Å². The summed E-state index contributed by atoms with van der Waals surface area (Å²) in [5.74, 6) is -0.288. The lowest BCUT2D eigenvalue weighted by Crippen LogP contribution is -2.20. The number of aliphatic hydroxyl groups excluding tert-OH is 1. The van der Waals surface area contributed by atoms with E-state index in [-0.39, 0.29) is 12.4 Å². The molecule has 6 heteroatoms. The van der Waals surface area contributed by atoms with Crippen molar-refractivity contribution in [3.8, 4) is 0 Å². The van der Waals surface area contributed by atoms with Crippen molar-refractivity contribution in [3.05, 3.63) is 40.7 Å². The normalized spacial score (nSPS) is 17.8. The Morgan fingerprint density at radius 1 is 1.43 bits per heavy atom. The summed E-state index contributed by atoms with van der Waals surface area (Å²) >= 11 is 1.56. The van der Waals surface area contributed by atoms with Gasteiger partial charge in [0.2, 0.25) is 0 Å². The van der Waals surface area contributed by atoms with Crippen molar-refractivity contribution in [3.63, 3.8) is 0 Å². The van der Waals surface area contributed by atoms with Crippen LogP contribution < -0.4 is 0 Å². The van der Waals surface area contributed by atoms with Crippen LogP contribution in [-0.4, -0.2) is 34.9 Å². The van der Waals surface area contributed by atoms with Crippen LogP contribution in [0, 0.1) is 5.82 Å². The number of rotatable bonds is 3. The second-order valence-corrected chi connectivity index (χ2v) is 6.02. The fourth-order valence-electron chi connectivity index (χ4n) is 2.82. The first kappa shape index (κ1) is 12.9. The second-order valence-electron chi connectivity index (χ2n) is 4.96. The SMILES string of the molecule is OCCC1=C(c2cc(F)cc3ccoc23)N2CCN=C2S1. The van der Waals surface area contributed by atoms with E-state index < -0.39 is 0 Å². The average Bonchev–Trinajstić information content (AvgIpc) is 3.12. The average molecular weight is 304 g/mol. The Hall–Kier alpha value is -1.79. The molecule has 0 spiro atoms. The van der Waals surface area contributed by atoms with Crippen molar-refractivity contribution in [1.82, 2.24) is 4.90 Å². The minimum absolute atomic E-state index is 0.0591. The highest BCUT2D eigenvalue weighted by Crippen LogP contribution is 2.45. The monoisotopic (exact) mass is 304 g/mol. The summed E-state index contributed by atoms with van der Waals surface area (Å²) in [6.07, 6.45) is 2.11. The molecule has 1 aromatic heterocycles. The minimum Gasteiger partial charge on any atom is -0.464 e. The third-order valence-electron chi connectivity index (χ3n) is 3.66. The first-order valence-electron chi connectivity index (χ1n) is 6.79. The smallest absolute Gasteiger partial charge is 0.168 e. The van der Waals surface area contributed by atoms with Crippen molar-refractivity contribution in [2.75, 3.05) is 19.7 Å². The molecule has 108 valence electrons. The lowest BCUT2D eigenvalue weighted by molar-refractivity contribution is 0.301. The molecule has 1 N–H and O–H groups in total. The first-order chi connectivity index (χ1) is 10.3. The third-order valence-corrected chi connectivity index (χ3v) is 4.84. The number of nitrogens with zero attached hydrogens (tertiary/aromatic N) is 2.